The third kappa shape index (κ3) is 2.39. The molecule has 100 valence electrons. The van der Waals surface area contributed by atoms with Gasteiger partial charge < -0.3 is 16.8 Å². The Balaban J connectivity index is 2.37. The summed E-state index contributed by atoms with van der Waals surface area (Å²) in [6.07, 6.45) is 0. The van der Waals surface area contributed by atoms with E-state index >= 15 is 0 Å². The van der Waals surface area contributed by atoms with Crippen LogP contribution in [0.25, 0.3) is 10.1 Å². The van der Waals surface area contributed by atoms with Crippen molar-refractivity contribution in [3.8, 4) is 0 Å². The van der Waals surface area contributed by atoms with Gasteiger partial charge in [0.2, 0.25) is 5.91 Å². The molecule has 19 heavy (non-hydrogen) atoms. The Morgan fingerprint density at radius 2 is 1.89 bits per heavy atom. The first-order valence-corrected chi connectivity index (χ1v) is 6.54. The van der Waals surface area contributed by atoms with E-state index in [1.165, 1.54) is 11.3 Å². The molecule has 6 heteroatoms. The van der Waals surface area contributed by atoms with Gasteiger partial charge in [-0.3, -0.25) is 9.59 Å². The molecule has 0 saturated heterocycles. The normalized spacial score (nSPS) is 11.5. The molecule has 0 aliphatic carbocycles. The van der Waals surface area contributed by atoms with Crippen molar-refractivity contribution in [2.75, 3.05) is 5.73 Å². The van der Waals surface area contributed by atoms with E-state index in [-0.39, 0.29) is 5.91 Å². The summed E-state index contributed by atoms with van der Waals surface area (Å²) < 4.78 is 0.932. The van der Waals surface area contributed by atoms with Crippen LogP contribution in [0.1, 0.15) is 23.5 Å². The van der Waals surface area contributed by atoms with Gasteiger partial charge in [-0.25, -0.2) is 0 Å². The maximum atomic E-state index is 12.2. The summed E-state index contributed by atoms with van der Waals surface area (Å²) in [5.74, 6) is -0.983. The van der Waals surface area contributed by atoms with Crippen LogP contribution >= 0.6 is 11.3 Å². The monoisotopic (exact) mass is 277 g/mol. The SMILES string of the molecule is CC(C)(NC(=O)c1sc2ccccc2c1N)C(N)=O. The number of anilines is 1. The minimum atomic E-state index is -1.11. The first-order valence-electron chi connectivity index (χ1n) is 5.72. The summed E-state index contributed by atoms with van der Waals surface area (Å²) in [5, 5.41) is 3.43. The second-order valence-electron chi connectivity index (χ2n) is 4.78. The lowest BCUT2D eigenvalue weighted by Gasteiger charge is -2.21. The van der Waals surface area contributed by atoms with Gasteiger partial charge in [-0.1, -0.05) is 18.2 Å². The van der Waals surface area contributed by atoms with E-state index in [0.29, 0.717) is 10.6 Å². The van der Waals surface area contributed by atoms with Gasteiger partial charge in [0.25, 0.3) is 5.91 Å². The summed E-state index contributed by atoms with van der Waals surface area (Å²) in [4.78, 5) is 23.8. The summed E-state index contributed by atoms with van der Waals surface area (Å²) in [6.45, 7) is 3.10. The molecular formula is C13H15N3O2S. The smallest absolute Gasteiger partial charge is 0.264 e. The van der Waals surface area contributed by atoms with Crippen molar-refractivity contribution in [2.24, 2.45) is 5.73 Å². The maximum absolute atomic E-state index is 12.2. The molecule has 0 radical (unpaired) electrons. The Morgan fingerprint density at radius 1 is 1.26 bits per heavy atom. The van der Waals surface area contributed by atoms with E-state index in [2.05, 4.69) is 5.32 Å². The minimum Gasteiger partial charge on any atom is -0.397 e. The molecule has 2 rings (SSSR count). The van der Waals surface area contributed by atoms with Crippen LogP contribution in [0.5, 0.6) is 0 Å². The maximum Gasteiger partial charge on any atom is 0.264 e. The number of rotatable bonds is 3. The Bertz CT molecular complexity index is 661. The van der Waals surface area contributed by atoms with E-state index in [1.54, 1.807) is 13.8 Å². The number of benzene rings is 1. The van der Waals surface area contributed by atoms with Crippen molar-refractivity contribution in [1.82, 2.24) is 5.32 Å². The highest BCUT2D eigenvalue weighted by Crippen LogP contribution is 2.33. The molecule has 0 fully saturated rings. The highest BCUT2D eigenvalue weighted by atomic mass is 32.1. The van der Waals surface area contributed by atoms with E-state index < -0.39 is 11.4 Å². The van der Waals surface area contributed by atoms with Crippen LogP contribution in [0.15, 0.2) is 24.3 Å². The summed E-state index contributed by atoms with van der Waals surface area (Å²) in [6, 6.07) is 7.50. The minimum absolute atomic E-state index is 0.387. The van der Waals surface area contributed by atoms with Crippen molar-refractivity contribution >= 4 is 38.9 Å². The Hall–Kier alpha value is -2.08. The van der Waals surface area contributed by atoms with Crippen LogP contribution in [0.3, 0.4) is 0 Å². The van der Waals surface area contributed by atoms with Crippen molar-refractivity contribution in [3.05, 3.63) is 29.1 Å². The lowest BCUT2D eigenvalue weighted by molar-refractivity contribution is -0.122. The van der Waals surface area contributed by atoms with Crippen LogP contribution in [-0.2, 0) is 4.79 Å². The molecule has 1 aromatic carbocycles. The Morgan fingerprint density at radius 3 is 2.47 bits per heavy atom. The number of nitrogens with two attached hydrogens (primary N) is 2. The molecule has 2 aromatic rings. The average molecular weight is 277 g/mol. The topological polar surface area (TPSA) is 98.2 Å². The number of amides is 2. The van der Waals surface area contributed by atoms with Crippen molar-refractivity contribution in [2.45, 2.75) is 19.4 Å². The van der Waals surface area contributed by atoms with Crippen molar-refractivity contribution < 1.29 is 9.59 Å². The Labute approximate surface area is 114 Å². The quantitative estimate of drug-likeness (QED) is 0.792. The zero-order valence-electron chi connectivity index (χ0n) is 10.7. The fourth-order valence-corrected chi connectivity index (χ4v) is 2.65. The molecule has 0 bridgehead atoms. The Kier molecular flexibility index (Phi) is 3.20. The third-order valence-corrected chi connectivity index (χ3v) is 4.07. The van der Waals surface area contributed by atoms with Crippen molar-refractivity contribution in [1.29, 1.82) is 0 Å². The third-order valence-electron chi connectivity index (χ3n) is 2.88. The second kappa shape index (κ2) is 4.55. The summed E-state index contributed by atoms with van der Waals surface area (Å²) in [5.41, 5.74) is 10.5. The first-order chi connectivity index (χ1) is 8.83. The number of hydrogen-bond donors (Lipinski definition) is 3. The standard InChI is InChI=1S/C13H15N3O2S/c1-13(2,12(15)18)16-11(17)10-9(14)7-5-3-4-6-8(7)19-10/h3-6H,14H2,1-2H3,(H2,15,18)(H,16,17). The van der Waals surface area contributed by atoms with Gasteiger partial charge in [0.15, 0.2) is 0 Å². The van der Waals surface area contributed by atoms with Crippen LogP contribution in [0.2, 0.25) is 0 Å². The van der Waals surface area contributed by atoms with Gasteiger partial charge in [0, 0.05) is 10.1 Å². The fraction of sp³-hybridized carbons (Fsp3) is 0.231. The second-order valence-corrected chi connectivity index (χ2v) is 5.84. The highest BCUT2D eigenvalue weighted by molar-refractivity contribution is 7.21. The number of primary amides is 1. The van der Waals surface area contributed by atoms with E-state index in [4.69, 9.17) is 11.5 Å². The van der Waals surface area contributed by atoms with Gasteiger partial charge in [-0.15, -0.1) is 11.3 Å². The molecular weight excluding hydrogens is 262 g/mol. The molecule has 1 heterocycles. The van der Waals surface area contributed by atoms with Gasteiger partial charge in [-0.05, 0) is 19.9 Å². The van der Waals surface area contributed by atoms with Crippen LogP contribution in [0, 0.1) is 0 Å². The van der Waals surface area contributed by atoms with Gasteiger partial charge >= 0.3 is 0 Å². The zero-order valence-corrected chi connectivity index (χ0v) is 11.5. The number of hydrogen-bond acceptors (Lipinski definition) is 4. The molecule has 0 spiro atoms. The first kappa shape index (κ1) is 13.4. The number of carbonyl (C=O) groups is 2. The molecule has 5 nitrogen and oxygen atoms in total. The van der Waals surface area contributed by atoms with Gasteiger partial charge in [0.1, 0.15) is 10.4 Å². The molecule has 2 amide bonds. The lowest BCUT2D eigenvalue weighted by Crippen LogP contribution is -2.52. The lowest BCUT2D eigenvalue weighted by atomic mass is 10.1. The van der Waals surface area contributed by atoms with E-state index in [0.717, 1.165) is 10.1 Å². The number of fused-ring (bicyclic) bond motifs is 1. The molecule has 0 aliphatic rings. The molecule has 0 unspecified atom stereocenters. The van der Waals surface area contributed by atoms with E-state index in [9.17, 15) is 9.59 Å². The fourth-order valence-electron chi connectivity index (χ4n) is 1.64. The highest BCUT2D eigenvalue weighted by Gasteiger charge is 2.29. The summed E-state index contributed by atoms with van der Waals surface area (Å²) >= 11 is 1.30. The van der Waals surface area contributed by atoms with Crippen LogP contribution < -0.4 is 16.8 Å². The molecule has 1 aromatic heterocycles. The van der Waals surface area contributed by atoms with Crippen molar-refractivity contribution in [3.63, 3.8) is 0 Å². The average Bonchev–Trinajstić information content (AvgIpc) is 2.67. The van der Waals surface area contributed by atoms with Crippen LogP contribution in [0.4, 0.5) is 5.69 Å². The predicted molar refractivity (Wildman–Crippen MR) is 77.0 cm³/mol. The largest absolute Gasteiger partial charge is 0.397 e. The predicted octanol–water partition coefficient (Wildman–Crippen LogP) is 1.48. The molecule has 0 aliphatic heterocycles. The van der Waals surface area contributed by atoms with E-state index in [1.807, 2.05) is 24.3 Å². The number of carbonyl (C=O) groups excluding carboxylic acids is 2. The summed E-state index contributed by atoms with van der Waals surface area (Å²) in [7, 11) is 0. The molecule has 0 atom stereocenters. The van der Waals surface area contributed by atoms with Gasteiger partial charge in [0.05, 0.1) is 5.69 Å². The number of thiophene rings is 1. The molecule has 5 N–H and O–H groups in total. The number of nitrogens with one attached hydrogen (secondary N) is 1. The number of nitrogen functional groups attached to an aromatic ring is 1. The zero-order chi connectivity index (χ0) is 14.2. The van der Waals surface area contributed by atoms with Gasteiger partial charge in [-0.2, -0.15) is 0 Å². The molecule has 0 saturated carbocycles. The van der Waals surface area contributed by atoms with Crippen LogP contribution in [-0.4, -0.2) is 17.4 Å².